The molecule has 1 heterocycles. The minimum Gasteiger partial charge on any atom is -0.507 e. The summed E-state index contributed by atoms with van der Waals surface area (Å²) in [6, 6.07) is 16.1. The number of aromatic nitrogens is 1. The van der Waals surface area contributed by atoms with Crippen LogP contribution in [0.25, 0.3) is 20.8 Å². The number of amides is 1. The number of para-hydroxylation sites is 1. The van der Waals surface area contributed by atoms with Crippen LogP contribution in [0.5, 0.6) is 11.5 Å². The summed E-state index contributed by atoms with van der Waals surface area (Å²) >= 11 is 13.0. The maximum Gasteiger partial charge on any atom is 0.257 e. The normalized spacial score (nSPS) is 10.8. The largest absolute Gasteiger partial charge is 0.507 e. The van der Waals surface area contributed by atoms with Crippen molar-refractivity contribution in [3.05, 3.63) is 70.7 Å². The zero-order valence-electron chi connectivity index (χ0n) is 17.8. The fraction of sp³-hybridized carbons (Fsp3) is 0.125. The topological polar surface area (TPSA) is 83.5 Å². The first-order chi connectivity index (χ1) is 15.9. The summed E-state index contributed by atoms with van der Waals surface area (Å²) in [5, 5.41) is 17.4. The van der Waals surface area contributed by atoms with Crippen molar-refractivity contribution in [3.8, 4) is 22.1 Å². The zero-order valence-corrected chi connectivity index (χ0v) is 20.2. The monoisotopic (exact) mass is 497 g/mol. The summed E-state index contributed by atoms with van der Waals surface area (Å²) in [4.78, 5) is 17.2. The van der Waals surface area contributed by atoms with Gasteiger partial charge in [-0.1, -0.05) is 23.7 Å². The van der Waals surface area contributed by atoms with Crippen LogP contribution in [0.15, 0.2) is 54.6 Å². The van der Waals surface area contributed by atoms with E-state index in [1.807, 2.05) is 31.2 Å². The average Bonchev–Trinajstić information content (AvgIpc) is 3.21. The molecule has 0 saturated carbocycles. The van der Waals surface area contributed by atoms with Crippen LogP contribution in [-0.2, 0) is 0 Å². The molecular formula is C24H20ClN3O3S2. The minimum atomic E-state index is -0.403. The number of phenols is 1. The van der Waals surface area contributed by atoms with Crippen LogP contribution in [0.3, 0.4) is 0 Å². The van der Waals surface area contributed by atoms with Gasteiger partial charge in [-0.05, 0) is 74.1 Å². The van der Waals surface area contributed by atoms with Gasteiger partial charge >= 0.3 is 0 Å². The summed E-state index contributed by atoms with van der Waals surface area (Å²) < 4.78 is 6.42. The second kappa shape index (κ2) is 9.74. The van der Waals surface area contributed by atoms with Crippen LogP contribution < -0.4 is 15.4 Å². The Labute approximate surface area is 205 Å². The fourth-order valence-electron chi connectivity index (χ4n) is 3.25. The predicted molar refractivity (Wildman–Crippen MR) is 138 cm³/mol. The number of benzene rings is 3. The van der Waals surface area contributed by atoms with Crippen molar-refractivity contribution in [1.82, 2.24) is 10.3 Å². The van der Waals surface area contributed by atoms with Gasteiger partial charge in [0.1, 0.15) is 16.5 Å². The number of nitrogens with zero attached hydrogens (tertiary/aromatic N) is 1. The van der Waals surface area contributed by atoms with E-state index >= 15 is 0 Å². The number of rotatable bonds is 5. The number of thiazole rings is 1. The van der Waals surface area contributed by atoms with Crippen LogP contribution in [0, 0.1) is 6.92 Å². The van der Waals surface area contributed by atoms with E-state index in [1.54, 1.807) is 31.2 Å². The van der Waals surface area contributed by atoms with Crippen LogP contribution in [0.1, 0.15) is 22.8 Å². The van der Waals surface area contributed by atoms with Gasteiger partial charge in [0.25, 0.3) is 5.91 Å². The van der Waals surface area contributed by atoms with Gasteiger partial charge in [0.2, 0.25) is 0 Å². The van der Waals surface area contributed by atoms with Gasteiger partial charge in [-0.3, -0.25) is 10.1 Å². The van der Waals surface area contributed by atoms with Gasteiger partial charge in [-0.15, -0.1) is 11.3 Å². The summed E-state index contributed by atoms with van der Waals surface area (Å²) in [6.07, 6.45) is 0. The zero-order chi connectivity index (χ0) is 23.5. The maximum atomic E-state index is 12.6. The van der Waals surface area contributed by atoms with Gasteiger partial charge < -0.3 is 15.2 Å². The number of thiocarbonyl (C=S) groups is 1. The van der Waals surface area contributed by atoms with Crippen molar-refractivity contribution >= 4 is 62.1 Å². The third-order valence-corrected chi connectivity index (χ3v) is 6.37. The highest BCUT2D eigenvalue weighted by molar-refractivity contribution is 7.80. The minimum absolute atomic E-state index is 0.116. The number of carbonyl (C=O) groups is 1. The Kier molecular flexibility index (Phi) is 6.78. The number of phenolic OH excluding ortho intramolecular Hbond substituents is 1. The highest BCUT2D eigenvalue weighted by atomic mass is 35.5. The van der Waals surface area contributed by atoms with E-state index in [-0.39, 0.29) is 10.9 Å². The number of fused-ring (bicyclic) bond motifs is 1. The Morgan fingerprint density at radius 1 is 1.21 bits per heavy atom. The molecule has 4 aromatic rings. The maximum absolute atomic E-state index is 12.6. The van der Waals surface area contributed by atoms with E-state index in [0.717, 1.165) is 10.2 Å². The first kappa shape index (κ1) is 23.0. The second-order valence-electron chi connectivity index (χ2n) is 7.16. The van der Waals surface area contributed by atoms with E-state index in [2.05, 4.69) is 15.6 Å². The van der Waals surface area contributed by atoms with Crippen molar-refractivity contribution in [2.45, 2.75) is 13.8 Å². The number of hydrogen-bond acceptors (Lipinski definition) is 6. The summed E-state index contributed by atoms with van der Waals surface area (Å²) in [5.74, 6) is 0.260. The van der Waals surface area contributed by atoms with Crippen molar-refractivity contribution in [2.24, 2.45) is 0 Å². The Hall–Kier alpha value is -3.20. The van der Waals surface area contributed by atoms with E-state index in [0.29, 0.717) is 44.8 Å². The molecule has 0 aliphatic rings. The molecule has 3 N–H and O–H groups in total. The van der Waals surface area contributed by atoms with Gasteiger partial charge in [0.05, 0.1) is 27.4 Å². The second-order valence-corrected chi connectivity index (χ2v) is 9.01. The van der Waals surface area contributed by atoms with Gasteiger partial charge in [-0.25, -0.2) is 4.98 Å². The SMILES string of the molecule is CCOc1ccc(C(=O)NC(=S)Nc2cc(C)c(O)c(-c3nc4ccccc4s3)c2)cc1Cl. The molecule has 9 heteroatoms. The number of aryl methyl sites for hydroxylation is 1. The van der Waals surface area contributed by atoms with E-state index < -0.39 is 5.91 Å². The Balaban J connectivity index is 1.52. The van der Waals surface area contributed by atoms with Crippen LogP contribution in [-0.4, -0.2) is 27.7 Å². The number of anilines is 1. The lowest BCUT2D eigenvalue weighted by Crippen LogP contribution is -2.34. The van der Waals surface area contributed by atoms with Crippen LogP contribution in [0.4, 0.5) is 5.69 Å². The van der Waals surface area contributed by atoms with Gasteiger partial charge in [-0.2, -0.15) is 0 Å². The summed E-state index contributed by atoms with van der Waals surface area (Å²) in [7, 11) is 0. The summed E-state index contributed by atoms with van der Waals surface area (Å²) in [6.45, 7) is 4.12. The summed E-state index contributed by atoms with van der Waals surface area (Å²) in [5.41, 5.74) is 3.08. The number of halogens is 1. The highest BCUT2D eigenvalue weighted by Crippen LogP contribution is 2.38. The van der Waals surface area contributed by atoms with Gasteiger partial charge in [0, 0.05) is 11.3 Å². The molecule has 168 valence electrons. The number of aromatic hydroxyl groups is 1. The molecule has 0 saturated heterocycles. The highest BCUT2D eigenvalue weighted by Gasteiger charge is 2.16. The Morgan fingerprint density at radius 2 is 2.00 bits per heavy atom. The molecular weight excluding hydrogens is 478 g/mol. The van der Waals surface area contributed by atoms with Crippen LogP contribution in [0.2, 0.25) is 5.02 Å². The first-order valence-corrected chi connectivity index (χ1v) is 11.7. The molecule has 33 heavy (non-hydrogen) atoms. The van der Waals surface area contributed by atoms with Crippen molar-refractivity contribution in [2.75, 3.05) is 11.9 Å². The van der Waals surface area contributed by atoms with E-state index in [1.165, 1.54) is 17.4 Å². The molecule has 0 fully saturated rings. The Bertz CT molecular complexity index is 1340. The molecule has 0 aliphatic carbocycles. The molecule has 3 aromatic carbocycles. The molecule has 0 atom stereocenters. The number of carbonyl (C=O) groups excluding carboxylic acids is 1. The average molecular weight is 498 g/mol. The molecule has 1 aromatic heterocycles. The van der Waals surface area contributed by atoms with Crippen molar-refractivity contribution in [3.63, 3.8) is 0 Å². The van der Waals surface area contributed by atoms with Crippen molar-refractivity contribution in [1.29, 1.82) is 0 Å². The molecule has 6 nitrogen and oxygen atoms in total. The van der Waals surface area contributed by atoms with Crippen molar-refractivity contribution < 1.29 is 14.6 Å². The fourth-order valence-corrected chi connectivity index (χ4v) is 4.68. The van der Waals surface area contributed by atoms with Crippen LogP contribution >= 0.6 is 35.2 Å². The lowest BCUT2D eigenvalue weighted by molar-refractivity contribution is 0.0977. The third kappa shape index (κ3) is 5.08. The molecule has 0 bridgehead atoms. The van der Waals surface area contributed by atoms with E-state index in [4.69, 9.17) is 28.6 Å². The molecule has 0 unspecified atom stereocenters. The third-order valence-electron chi connectivity index (χ3n) is 4.80. The quantitative estimate of drug-likeness (QED) is 0.226. The van der Waals surface area contributed by atoms with E-state index in [9.17, 15) is 9.90 Å². The molecule has 0 aliphatic heterocycles. The number of nitrogens with one attached hydrogen (secondary N) is 2. The number of hydrogen-bond donors (Lipinski definition) is 3. The predicted octanol–water partition coefficient (Wildman–Crippen LogP) is 6.16. The smallest absolute Gasteiger partial charge is 0.257 e. The lowest BCUT2D eigenvalue weighted by atomic mass is 10.1. The molecule has 0 spiro atoms. The molecule has 4 rings (SSSR count). The lowest BCUT2D eigenvalue weighted by Gasteiger charge is -2.13. The standard InChI is InChI=1S/C24H20ClN3O3S2/c1-3-31-19-9-8-14(11-17(19)25)22(30)28-24(32)26-15-10-13(2)21(29)16(12-15)23-27-18-6-4-5-7-20(18)33-23/h4-12,29H,3H2,1-2H3,(H2,26,28,30,32). The van der Waals surface area contributed by atoms with Gasteiger partial charge in [0.15, 0.2) is 5.11 Å². The number of ether oxygens (including phenoxy) is 1. The Morgan fingerprint density at radius 3 is 2.73 bits per heavy atom. The molecule has 1 amide bonds. The first-order valence-electron chi connectivity index (χ1n) is 10.1. The molecule has 0 radical (unpaired) electrons.